The van der Waals surface area contributed by atoms with Gasteiger partial charge < -0.3 is 14.9 Å². The summed E-state index contributed by atoms with van der Waals surface area (Å²) >= 11 is 1.24. The number of hydrogen-bond donors (Lipinski definition) is 2. The van der Waals surface area contributed by atoms with E-state index in [0.717, 1.165) is 22.6 Å². The topological polar surface area (TPSA) is 75.4 Å². The normalized spacial score (nSPS) is 10.8. The molecule has 96 valence electrons. The van der Waals surface area contributed by atoms with E-state index in [1.54, 1.807) is 5.38 Å². The fourth-order valence-electron chi connectivity index (χ4n) is 1.74. The number of carbonyl (C=O) groups is 1. The number of carboxylic acid groups (broad SMARTS) is 1. The predicted molar refractivity (Wildman–Crippen MR) is 67.8 cm³/mol. The summed E-state index contributed by atoms with van der Waals surface area (Å²) in [6.45, 7) is 4.90. The number of aromatic nitrogens is 1. The van der Waals surface area contributed by atoms with Crippen LogP contribution in [-0.2, 0) is 13.1 Å². The maximum absolute atomic E-state index is 10.9. The summed E-state index contributed by atoms with van der Waals surface area (Å²) in [5.41, 5.74) is 2.70. The molecule has 6 heteroatoms. The van der Waals surface area contributed by atoms with E-state index >= 15 is 0 Å². The van der Waals surface area contributed by atoms with Crippen molar-refractivity contribution >= 4 is 17.3 Å². The molecule has 0 aliphatic rings. The number of thiophene rings is 1. The Kier molecular flexibility index (Phi) is 3.78. The van der Waals surface area contributed by atoms with Gasteiger partial charge in [-0.15, -0.1) is 11.3 Å². The molecule has 2 N–H and O–H groups in total. The molecule has 2 aromatic heterocycles. The number of nitrogens with zero attached hydrogens (tertiary/aromatic N) is 1. The number of hydrogen-bond acceptors (Lipinski definition) is 5. The van der Waals surface area contributed by atoms with Crippen molar-refractivity contribution in [1.29, 1.82) is 0 Å². The van der Waals surface area contributed by atoms with Crippen molar-refractivity contribution in [2.24, 2.45) is 0 Å². The Morgan fingerprint density at radius 1 is 1.50 bits per heavy atom. The summed E-state index contributed by atoms with van der Waals surface area (Å²) < 4.78 is 5.06. The lowest BCUT2D eigenvalue weighted by Gasteiger charge is -2.04. The molecule has 18 heavy (non-hydrogen) atoms. The molecule has 0 aromatic carbocycles. The number of aryl methyl sites for hydroxylation is 2. The first-order valence-corrected chi connectivity index (χ1v) is 6.39. The van der Waals surface area contributed by atoms with Gasteiger partial charge in [-0.3, -0.25) is 0 Å². The van der Waals surface area contributed by atoms with Crippen molar-refractivity contribution in [3.63, 3.8) is 0 Å². The first kappa shape index (κ1) is 12.8. The Morgan fingerprint density at radius 3 is 2.89 bits per heavy atom. The van der Waals surface area contributed by atoms with Gasteiger partial charge in [0.15, 0.2) is 0 Å². The second-order valence-corrected chi connectivity index (χ2v) is 4.90. The second kappa shape index (κ2) is 5.32. The van der Waals surface area contributed by atoms with E-state index in [-0.39, 0.29) is 0 Å². The molecule has 0 radical (unpaired) electrons. The Morgan fingerprint density at radius 2 is 2.28 bits per heavy atom. The molecule has 2 heterocycles. The zero-order chi connectivity index (χ0) is 13.1. The molecule has 0 unspecified atom stereocenters. The number of nitrogens with one attached hydrogen (secondary N) is 1. The Labute approximate surface area is 108 Å². The van der Waals surface area contributed by atoms with Gasteiger partial charge in [-0.1, -0.05) is 5.16 Å². The molecular formula is C12H14N2O3S. The predicted octanol–water partition coefficient (Wildman–Crippen LogP) is 2.34. The third-order valence-corrected chi connectivity index (χ3v) is 3.68. The molecule has 0 atom stereocenters. The second-order valence-electron chi connectivity index (χ2n) is 3.99. The molecule has 0 fully saturated rings. The van der Waals surface area contributed by atoms with Crippen LogP contribution in [0.4, 0.5) is 0 Å². The largest absolute Gasteiger partial charge is 0.477 e. The van der Waals surface area contributed by atoms with Crippen molar-refractivity contribution in [3.8, 4) is 0 Å². The summed E-state index contributed by atoms with van der Waals surface area (Å²) in [5.74, 6) is -0.0806. The molecule has 0 spiro atoms. The summed E-state index contributed by atoms with van der Waals surface area (Å²) in [6.07, 6.45) is 0. The maximum Gasteiger partial charge on any atom is 0.346 e. The van der Waals surface area contributed by atoms with Crippen LogP contribution in [0.3, 0.4) is 0 Å². The first-order chi connectivity index (χ1) is 8.59. The Bertz CT molecular complexity index is 540. The third kappa shape index (κ3) is 2.60. The zero-order valence-corrected chi connectivity index (χ0v) is 11.0. The average molecular weight is 266 g/mol. The van der Waals surface area contributed by atoms with Crippen LogP contribution in [0.1, 0.15) is 32.3 Å². The summed E-state index contributed by atoms with van der Waals surface area (Å²) in [6, 6.07) is 1.83. The van der Waals surface area contributed by atoms with Crippen molar-refractivity contribution in [1.82, 2.24) is 10.5 Å². The van der Waals surface area contributed by atoms with Gasteiger partial charge >= 0.3 is 5.97 Å². The summed E-state index contributed by atoms with van der Waals surface area (Å²) in [4.78, 5) is 11.3. The van der Waals surface area contributed by atoms with E-state index in [4.69, 9.17) is 9.63 Å². The fraction of sp³-hybridized carbons (Fsp3) is 0.333. The van der Waals surface area contributed by atoms with Gasteiger partial charge in [-0.05, 0) is 30.9 Å². The van der Waals surface area contributed by atoms with Crippen LogP contribution in [0.15, 0.2) is 16.0 Å². The SMILES string of the molecule is Cc1noc(C)c1CNCc1ccsc1C(=O)O. The van der Waals surface area contributed by atoms with Crippen LogP contribution in [0.2, 0.25) is 0 Å². The molecular weight excluding hydrogens is 252 g/mol. The van der Waals surface area contributed by atoms with E-state index < -0.39 is 5.97 Å². The molecule has 5 nitrogen and oxygen atoms in total. The molecule has 2 aromatic rings. The minimum atomic E-state index is -0.876. The van der Waals surface area contributed by atoms with Crippen molar-refractivity contribution < 1.29 is 14.4 Å². The van der Waals surface area contributed by atoms with E-state index in [1.165, 1.54) is 11.3 Å². The number of rotatable bonds is 5. The lowest BCUT2D eigenvalue weighted by atomic mass is 10.2. The van der Waals surface area contributed by atoms with Crippen LogP contribution in [-0.4, -0.2) is 16.2 Å². The van der Waals surface area contributed by atoms with E-state index in [9.17, 15) is 4.79 Å². The van der Waals surface area contributed by atoms with Gasteiger partial charge in [0.05, 0.1) is 5.69 Å². The van der Waals surface area contributed by atoms with Gasteiger partial charge in [-0.25, -0.2) is 4.79 Å². The van der Waals surface area contributed by atoms with Gasteiger partial charge in [0.2, 0.25) is 0 Å². The number of carboxylic acids is 1. The summed E-state index contributed by atoms with van der Waals surface area (Å²) in [5, 5.41) is 17.9. The maximum atomic E-state index is 10.9. The molecule has 0 saturated carbocycles. The van der Waals surface area contributed by atoms with E-state index in [1.807, 2.05) is 19.9 Å². The Balaban J connectivity index is 1.97. The molecule has 0 aliphatic carbocycles. The minimum absolute atomic E-state index is 0.390. The zero-order valence-electron chi connectivity index (χ0n) is 10.2. The van der Waals surface area contributed by atoms with Crippen molar-refractivity contribution in [2.75, 3.05) is 0 Å². The Hall–Kier alpha value is -1.66. The van der Waals surface area contributed by atoms with Gasteiger partial charge in [0.1, 0.15) is 10.6 Å². The fourth-order valence-corrected chi connectivity index (χ4v) is 2.50. The van der Waals surface area contributed by atoms with E-state index in [2.05, 4.69) is 10.5 Å². The lowest BCUT2D eigenvalue weighted by Crippen LogP contribution is -2.15. The highest BCUT2D eigenvalue weighted by Gasteiger charge is 2.12. The van der Waals surface area contributed by atoms with Crippen LogP contribution in [0, 0.1) is 13.8 Å². The van der Waals surface area contributed by atoms with Crippen LogP contribution in [0.5, 0.6) is 0 Å². The molecule has 0 bridgehead atoms. The number of aromatic carboxylic acids is 1. The highest BCUT2D eigenvalue weighted by molar-refractivity contribution is 7.12. The quantitative estimate of drug-likeness (QED) is 0.868. The van der Waals surface area contributed by atoms with Gasteiger partial charge in [0.25, 0.3) is 0 Å². The molecule has 0 saturated heterocycles. The van der Waals surface area contributed by atoms with Crippen molar-refractivity contribution in [2.45, 2.75) is 26.9 Å². The highest BCUT2D eigenvalue weighted by Crippen LogP contribution is 2.17. The smallest absolute Gasteiger partial charge is 0.346 e. The van der Waals surface area contributed by atoms with E-state index in [0.29, 0.717) is 18.0 Å². The monoisotopic (exact) mass is 266 g/mol. The van der Waals surface area contributed by atoms with Crippen LogP contribution < -0.4 is 5.32 Å². The molecule has 0 amide bonds. The van der Waals surface area contributed by atoms with Crippen molar-refractivity contribution in [3.05, 3.63) is 38.9 Å². The third-order valence-electron chi connectivity index (χ3n) is 2.74. The van der Waals surface area contributed by atoms with Crippen LogP contribution >= 0.6 is 11.3 Å². The van der Waals surface area contributed by atoms with Gasteiger partial charge in [0, 0.05) is 18.7 Å². The van der Waals surface area contributed by atoms with Gasteiger partial charge in [-0.2, -0.15) is 0 Å². The molecule has 2 rings (SSSR count). The highest BCUT2D eigenvalue weighted by atomic mass is 32.1. The minimum Gasteiger partial charge on any atom is -0.477 e. The van der Waals surface area contributed by atoms with Crippen LogP contribution in [0.25, 0.3) is 0 Å². The summed E-state index contributed by atoms with van der Waals surface area (Å²) in [7, 11) is 0. The average Bonchev–Trinajstić information content (AvgIpc) is 2.90. The lowest BCUT2D eigenvalue weighted by molar-refractivity contribution is 0.0701. The first-order valence-electron chi connectivity index (χ1n) is 5.51. The molecule has 0 aliphatic heterocycles. The standard InChI is InChI=1S/C12H14N2O3S/c1-7-10(8(2)17-14-7)6-13-5-9-3-4-18-11(9)12(15)16/h3-4,13H,5-6H2,1-2H3,(H,15,16).